The number of aromatic nitrogens is 6. The number of primary amides is 1. The van der Waals surface area contributed by atoms with Gasteiger partial charge >= 0.3 is 6.18 Å². The van der Waals surface area contributed by atoms with Gasteiger partial charge in [0.1, 0.15) is 29.7 Å². The number of alkyl halides is 6. The van der Waals surface area contributed by atoms with E-state index < -0.39 is 92.7 Å². The molecule has 1 aliphatic heterocycles. The van der Waals surface area contributed by atoms with Gasteiger partial charge in [-0.1, -0.05) is 59.1 Å². The molecule has 3 atom stereocenters. The van der Waals surface area contributed by atoms with Crippen molar-refractivity contribution in [3.63, 3.8) is 0 Å². The molecule has 22 heteroatoms. The zero-order valence-corrected chi connectivity index (χ0v) is 36.1. The van der Waals surface area contributed by atoms with E-state index >= 15 is 8.78 Å². The van der Waals surface area contributed by atoms with Crippen LogP contribution in [0, 0.1) is 23.4 Å². The number of nitrogens with one attached hydrogen (secondary N) is 2. The summed E-state index contributed by atoms with van der Waals surface area (Å²) in [5.41, 5.74) is 3.94. The number of hydrogen-bond acceptors (Lipinski definition) is 9. The van der Waals surface area contributed by atoms with Gasteiger partial charge in [0.05, 0.1) is 33.0 Å². The summed E-state index contributed by atoms with van der Waals surface area (Å²) >= 11 is 2.78. The quantitative estimate of drug-likeness (QED) is 0.0701. The Kier molecular flexibility index (Phi) is 11.0. The third-order valence-electron chi connectivity index (χ3n) is 11.4. The predicted octanol–water partition coefficient (Wildman–Crippen LogP) is 8.61. The molecular weight excluding hydrogens is 987 g/mol. The van der Waals surface area contributed by atoms with Gasteiger partial charge in [-0.15, -0.1) is 0 Å². The monoisotopic (exact) mass is 1020 g/mol. The molecule has 3 aromatic carbocycles. The summed E-state index contributed by atoms with van der Waals surface area (Å²) in [7, 11) is 0. The number of benzene rings is 3. The highest BCUT2D eigenvalue weighted by atomic mass is 127. The number of hydrogen-bond donors (Lipinski definition) is 3. The van der Waals surface area contributed by atoms with Crippen LogP contribution < -0.4 is 20.9 Å². The summed E-state index contributed by atoms with van der Waals surface area (Å²) in [6.07, 6.45) is -5.52. The number of pyridine rings is 1. The molecule has 1 saturated heterocycles. The molecule has 12 nitrogen and oxygen atoms in total. The largest absolute Gasteiger partial charge is 0.435 e. The highest BCUT2D eigenvalue weighted by molar-refractivity contribution is 14.1. The van der Waals surface area contributed by atoms with E-state index in [1.807, 2.05) is 29.2 Å². The second-order valence-corrected chi connectivity index (χ2v) is 17.9. The average Bonchev–Trinajstić information content (AvgIpc) is 4.00. The van der Waals surface area contributed by atoms with Crippen LogP contribution in [0.1, 0.15) is 55.5 Å². The van der Waals surface area contributed by atoms with E-state index in [0.717, 1.165) is 42.1 Å². The summed E-state index contributed by atoms with van der Waals surface area (Å²) in [6, 6.07) is 14.0. The Morgan fingerprint density at radius 2 is 1.67 bits per heavy atom. The molecule has 4 N–H and O–H groups in total. The molecule has 0 radical (unpaired) electrons. The third-order valence-corrected chi connectivity index (χ3v) is 14.1. The van der Waals surface area contributed by atoms with Crippen LogP contribution in [-0.2, 0) is 29.9 Å². The van der Waals surface area contributed by atoms with Gasteiger partial charge in [-0.25, -0.2) is 23.1 Å². The molecule has 64 heavy (non-hydrogen) atoms. The Morgan fingerprint density at radius 3 is 2.36 bits per heavy atom. The van der Waals surface area contributed by atoms with Crippen LogP contribution in [0.15, 0.2) is 66.7 Å². The van der Waals surface area contributed by atoms with Gasteiger partial charge in [0.15, 0.2) is 16.5 Å². The molecule has 0 spiro atoms. The molecule has 5 heterocycles. The number of rotatable bonds is 10. The first kappa shape index (κ1) is 43.3. The molecule has 0 bridgehead atoms. The first-order valence-corrected chi connectivity index (χ1v) is 21.7. The van der Waals surface area contributed by atoms with Gasteiger partial charge in [0.25, 0.3) is 11.8 Å². The van der Waals surface area contributed by atoms with Gasteiger partial charge in [-0.2, -0.15) is 32.0 Å². The van der Waals surface area contributed by atoms with E-state index in [2.05, 4.69) is 20.3 Å². The zero-order chi connectivity index (χ0) is 45.4. The van der Waals surface area contributed by atoms with Crippen LogP contribution in [-0.4, -0.2) is 67.7 Å². The van der Waals surface area contributed by atoms with Crippen LogP contribution in [0.4, 0.5) is 46.2 Å². The van der Waals surface area contributed by atoms with Crippen molar-refractivity contribution in [2.45, 2.75) is 42.0 Å². The number of para-hydroxylation sites is 2. The van der Waals surface area contributed by atoms with Crippen molar-refractivity contribution in [3.05, 3.63) is 118 Å². The molecule has 332 valence electrons. The molecule has 0 saturated carbocycles. The van der Waals surface area contributed by atoms with Gasteiger partial charge in [0.2, 0.25) is 11.9 Å². The number of halogens is 9. The number of imidazole rings is 1. The van der Waals surface area contributed by atoms with Crippen molar-refractivity contribution in [2.75, 3.05) is 36.0 Å². The Hall–Kier alpha value is -5.91. The number of thiazole rings is 1. The molecule has 1 aliphatic carbocycles. The molecule has 2 aliphatic rings. The summed E-state index contributed by atoms with van der Waals surface area (Å²) in [4.78, 5) is 48.2. The second-order valence-electron chi connectivity index (χ2n) is 15.5. The molecular formula is C42H33F8IN10O2S. The SMILES string of the molecule is C[C@@H]1[C@H](I)c2c(C(F)(F)F)nn(CC(=O)N[C@@H](Cc3cc(F)cc(F)c3)c3nc4nc(N5CCN(c6nc7ccccc7[nH]6)CC5)sc4cc3-c3ccc(F)c(C(N)=O)c3)c2C1(F)F. The number of piperazine rings is 1. The number of amides is 2. The minimum Gasteiger partial charge on any atom is -0.366 e. The van der Waals surface area contributed by atoms with E-state index in [4.69, 9.17) is 20.7 Å². The first-order chi connectivity index (χ1) is 30.3. The molecule has 2 amide bonds. The normalized spacial score (nSPS) is 17.9. The number of fused-ring (bicyclic) bond motifs is 3. The van der Waals surface area contributed by atoms with E-state index in [9.17, 15) is 35.9 Å². The Morgan fingerprint density at radius 1 is 0.969 bits per heavy atom. The van der Waals surface area contributed by atoms with Crippen LogP contribution in [0.3, 0.4) is 0 Å². The lowest BCUT2D eigenvalue weighted by molar-refractivity contribution is -0.142. The summed E-state index contributed by atoms with van der Waals surface area (Å²) in [5, 5.41) is 6.66. The third kappa shape index (κ3) is 7.98. The van der Waals surface area contributed by atoms with Gasteiger partial charge < -0.3 is 25.8 Å². The van der Waals surface area contributed by atoms with Crippen LogP contribution >= 0.6 is 33.9 Å². The van der Waals surface area contributed by atoms with E-state index in [1.54, 1.807) is 6.07 Å². The van der Waals surface area contributed by atoms with Gasteiger partial charge in [0, 0.05) is 53.2 Å². The average molecular weight is 1020 g/mol. The molecule has 1 fully saturated rings. The maximum atomic E-state index is 15.6. The standard InChI is InChI=1S/C42H33F8IN10O2S/c1-19-33(51)32-35(42(48,49)50)58-61(36(32)41(19,46)47)18-31(62)53-29(14-20-12-22(43)16-23(44)13-20)34-24(21-6-7-26(45)25(15-21)37(52)63)17-30-38(56-34)57-40(64-30)60-10-8-59(9-11-60)39-54-27-4-2-3-5-28(27)55-39/h2-7,12-13,15-17,19,29,33H,8-11,14,18H2,1H3,(H2,52,63)(H,53,62)(H,54,55)/t19-,29+,33+/m1/s1. The second kappa shape index (κ2) is 16.3. The van der Waals surface area contributed by atoms with Gasteiger partial charge in [-0.05, 0) is 60.0 Å². The zero-order valence-electron chi connectivity index (χ0n) is 33.2. The highest BCUT2D eigenvalue weighted by Gasteiger charge is 2.58. The van der Waals surface area contributed by atoms with Crippen LogP contribution in [0.2, 0.25) is 0 Å². The van der Waals surface area contributed by atoms with Crippen LogP contribution in [0.5, 0.6) is 0 Å². The Labute approximate surface area is 375 Å². The minimum atomic E-state index is -5.12. The number of carbonyl (C=O) groups is 2. The van der Waals surface area contributed by atoms with Crippen molar-refractivity contribution in [1.82, 2.24) is 35.0 Å². The maximum absolute atomic E-state index is 15.6. The number of aromatic amines is 1. The fraction of sp³-hybridized carbons (Fsp3) is 0.286. The number of nitrogens with zero attached hydrogens (tertiary/aromatic N) is 7. The molecule has 7 aromatic rings. The maximum Gasteiger partial charge on any atom is 0.435 e. The fourth-order valence-corrected chi connectivity index (χ4v) is 10.2. The van der Waals surface area contributed by atoms with E-state index in [-0.39, 0.29) is 28.0 Å². The van der Waals surface area contributed by atoms with Crippen molar-refractivity contribution in [3.8, 4) is 11.1 Å². The van der Waals surface area contributed by atoms with Crippen molar-refractivity contribution >= 4 is 78.2 Å². The minimum absolute atomic E-state index is 0.00122. The highest BCUT2D eigenvalue weighted by Crippen LogP contribution is 2.58. The molecule has 4 aromatic heterocycles. The Balaban J connectivity index is 1.11. The summed E-state index contributed by atoms with van der Waals surface area (Å²) in [6.45, 7) is 2.21. The van der Waals surface area contributed by atoms with Gasteiger partial charge in [-0.3, -0.25) is 14.3 Å². The molecule has 9 rings (SSSR count). The lowest BCUT2D eigenvalue weighted by Gasteiger charge is -2.34. The van der Waals surface area contributed by atoms with E-state index in [1.165, 1.54) is 46.1 Å². The number of H-pyrrole nitrogens is 1. The number of carbonyl (C=O) groups excluding carboxylic acids is 2. The first-order valence-electron chi connectivity index (χ1n) is 19.7. The molecule has 0 unspecified atom stereocenters. The van der Waals surface area contributed by atoms with Crippen molar-refractivity contribution in [1.29, 1.82) is 0 Å². The Bertz CT molecular complexity index is 2930. The predicted molar refractivity (Wildman–Crippen MR) is 230 cm³/mol. The summed E-state index contributed by atoms with van der Waals surface area (Å²) in [5.74, 6) is -9.69. The summed E-state index contributed by atoms with van der Waals surface area (Å²) < 4.78 is 118. The number of nitrogens with two attached hydrogens (primary N) is 1. The van der Waals surface area contributed by atoms with Crippen LogP contribution in [0.25, 0.3) is 32.5 Å². The smallest absolute Gasteiger partial charge is 0.366 e. The van der Waals surface area contributed by atoms with Crippen molar-refractivity contribution < 1.29 is 44.7 Å². The van der Waals surface area contributed by atoms with E-state index in [0.29, 0.717) is 46.8 Å². The lowest BCUT2D eigenvalue weighted by atomic mass is 9.94. The topological polar surface area (TPSA) is 151 Å². The van der Waals surface area contributed by atoms with Crippen molar-refractivity contribution in [2.24, 2.45) is 11.7 Å². The fourth-order valence-electron chi connectivity index (χ4n) is 8.20. The lowest BCUT2D eigenvalue weighted by Crippen LogP contribution is -2.46. The number of anilines is 2.